The van der Waals surface area contributed by atoms with Gasteiger partial charge >= 0.3 is 0 Å². The number of nitrogens with zero attached hydrogens (tertiary/aromatic N) is 2. The normalized spacial score (nSPS) is 12.1. The van der Waals surface area contributed by atoms with E-state index in [1.807, 2.05) is 72.8 Å². The van der Waals surface area contributed by atoms with Crippen molar-refractivity contribution in [3.8, 4) is 11.1 Å². The summed E-state index contributed by atoms with van der Waals surface area (Å²) in [5, 5.41) is 8.03. The molecule has 0 fully saturated rings. The fourth-order valence-corrected chi connectivity index (χ4v) is 9.90. The Morgan fingerprint density at radius 3 is 1.91 bits per heavy atom. The first-order valence-corrected chi connectivity index (χ1v) is 16.9. The summed E-state index contributed by atoms with van der Waals surface area (Å²) >= 11 is 0. The van der Waals surface area contributed by atoms with E-state index in [0.29, 0.717) is 0 Å². The lowest BCUT2D eigenvalue weighted by Gasteiger charge is -2.23. The first-order chi connectivity index (χ1) is 22.2. The van der Waals surface area contributed by atoms with Gasteiger partial charge in [-0.05, 0) is 52.2 Å². The highest BCUT2D eigenvalue weighted by molar-refractivity contribution is 7.85. The molecule has 45 heavy (non-hydrogen) atoms. The molecule has 0 atom stereocenters. The van der Waals surface area contributed by atoms with Gasteiger partial charge in [0, 0.05) is 32.1 Å². The van der Waals surface area contributed by atoms with Gasteiger partial charge in [-0.3, -0.25) is 4.40 Å². The molecule has 9 rings (SSSR count). The van der Waals surface area contributed by atoms with Crippen LogP contribution in [-0.2, 0) is 4.57 Å². The fraction of sp³-hybridized carbons (Fsp3) is 0. The molecule has 0 saturated carbocycles. The van der Waals surface area contributed by atoms with E-state index in [0.717, 1.165) is 70.8 Å². The molecule has 0 saturated heterocycles. The SMILES string of the molecule is O=P(c1ccccc1)(c1ccccc1)c1cccc2cccc(-c3ccc4c(c3)c3ccccc3n3c5ccccc5nc43)c12. The van der Waals surface area contributed by atoms with Crippen LogP contribution in [0.15, 0.2) is 164 Å². The number of para-hydroxylation sites is 3. The molecule has 0 amide bonds. The van der Waals surface area contributed by atoms with E-state index < -0.39 is 7.14 Å². The number of pyridine rings is 1. The van der Waals surface area contributed by atoms with E-state index in [4.69, 9.17) is 4.98 Å². The zero-order chi connectivity index (χ0) is 30.0. The molecule has 0 radical (unpaired) electrons. The molecule has 0 unspecified atom stereocenters. The predicted molar refractivity (Wildman–Crippen MR) is 190 cm³/mol. The molecule has 0 bridgehead atoms. The number of hydrogen-bond acceptors (Lipinski definition) is 2. The lowest BCUT2D eigenvalue weighted by atomic mass is 9.95. The summed E-state index contributed by atoms with van der Waals surface area (Å²) in [7, 11) is -3.22. The minimum Gasteiger partial charge on any atom is -0.309 e. The van der Waals surface area contributed by atoms with Crippen LogP contribution in [0.1, 0.15) is 0 Å². The number of rotatable bonds is 4. The van der Waals surface area contributed by atoms with Crippen molar-refractivity contribution < 1.29 is 4.57 Å². The molecule has 0 N–H and O–H groups in total. The molecular formula is C41H27N2OP. The topological polar surface area (TPSA) is 34.4 Å². The van der Waals surface area contributed by atoms with Crippen LogP contribution in [-0.4, -0.2) is 9.38 Å². The van der Waals surface area contributed by atoms with Crippen molar-refractivity contribution >= 4 is 72.2 Å². The van der Waals surface area contributed by atoms with Crippen molar-refractivity contribution in [2.75, 3.05) is 0 Å². The summed E-state index contributed by atoms with van der Waals surface area (Å²) in [4.78, 5) is 5.09. The van der Waals surface area contributed by atoms with E-state index in [1.165, 1.54) is 5.39 Å². The van der Waals surface area contributed by atoms with Crippen LogP contribution in [0.5, 0.6) is 0 Å². The van der Waals surface area contributed by atoms with Crippen LogP contribution in [0.2, 0.25) is 0 Å². The molecule has 212 valence electrons. The van der Waals surface area contributed by atoms with E-state index >= 15 is 4.57 Å². The number of imidazole rings is 1. The zero-order valence-electron chi connectivity index (χ0n) is 24.3. The molecule has 0 aliphatic heterocycles. The Morgan fingerprint density at radius 1 is 0.511 bits per heavy atom. The molecule has 0 aliphatic carbocycles. The Labute approximate surface area is 260 Å². The predicted octanol–water partition coefficient (Wildman–Crippen LogP) is 9.25. The third-order valence-electron chi connectivity index (χ3n) is 9.03. The first kappa shape index (κ1) is 25.9. The van der Waals surface area contributed by atoms with Crippen molar-refractivity contribution in [2.45, 2.75) is 0 Å². The average Bonchev–Trinajstić information content (AvgIpc) is 3.51. The van der Waals surface area contributed by atoms with Gasteiger partial charge in [0.1, 0.15) is 5.65 Å². The summed E-state index contributed by atoms with van der Waals surface area (Å²) in [5.74, 6) is 0. The quantitative estimate of drug-likeness (QED) is 0.150. The molecule has 2 aromatic heterocycles. The minimum atomic E-state index is -3.22. The molecule has 3 nitrogen and oxygen atoms in total. The largest absolute Gasteiger partial charge is 0.309 e. The second-order valence-electron chi connectivity index (χ2n) is 11.5. The van der Waals surface area contributed by atoms with Crippen LogP contribution in [0.4, 0.5) is 0 Å². The van der Waals surface area contributed by atoms with E-state index in [-0.39, 0.29) is 0 Å². The highest BCUT2D eigenvalue weighted by Gasteiger charge is 2.32. The second-order valence-corrected chi connectivity index (χ2v) is 14.2. The summed E-state index contributed by atoms with van der Waals surface area (Å²) in [6.45, 7) is 0. The van der Waals surface area contributed by atoms with Crippen molar-refractivity contribution in [1.82, 2.24) is 9.38 Å². The van der Waals surface area contributed by atoms with Gasteiger partial charge in [-0.1, -0.05) is 133 Å². The highest BCUT2D eigenvalue weighted by atomic mass is 31.2. The third-order valence-corrected chi connectivity index (χ3v) is 12.1. The summed E-state index contributed by atoms with van der Waals surface area (Å²) in [6.07, 6.45) is 0. The van der Waals surface area contributed by atoms with Gasteiger partial charge < -0.3 is 4.57 Å². The van der Waals surface area contributed by atoms with E-state index in [2.05, 4.69) is 95.4 Å². The van der Waals surface area contributed by atoms with Crippen molar-refractivity contribution in [3.63, 3.8) is 0 Å². The summed E-state index contributed by atoms with van der Waals surface area (Å²) in [6, 6.07) is 56.0. The van der Waals surface area contributed by atoms with E-state index in [9.17, 15) is 0 Å². The van der Waals surface area contributed by atoms with E-state index in [1.54, 1.807) is 0 Å². The summed E-state index contributed by atoms with van der Waals surface area (Å²) < 4.78 is 17.9. The van der Waals surface area contributed by atoms with Crippen LogP contribution < -0.4 is 15.9 Å². The zero-order valence-corrected chi connectivity index (χ0v) is 25.2. The maximum absolute atomic E-state index is 15.6. The lowest BCUT2D eigenvalue weighted by molar-refractivity contribution is 0.592. The van der Waals surface area contributed by atoms with Gasteiger partial charge in [0.05, 0.1) is 16.6 Å². The Bertz CT molecular complexity index is 2580. The monoisotopic (exact) mass is 594 g/mol. The maximum Gasteiger partial charge on any atom is 0.171 e. The molecule has 7 aromatic carbocycles. The van der Waals surface area contributed by atoms with Crippen molar-refractivity contribution in [1.29, 1.82) is 0 Å². The molecule has 0 aliphatic rings. The van der Waals surface area contributed by atoms with Gasteiger partial charge in [0.15, 0.2) is 7.14 Å². The number of aromatic nitrogens is 2. The lowest BCUT2D eigenvalue weighted by Crippen LogP contribution is -2.25. The third kappa shape index (κ3) is 3.84. The Hall–Kier alpha value is -5.50. The van der Waals surface area contributed by atoms with Crippen LogP contribution >= 0.6 is 7.14 Å². The molecule has 2 heterocycles. The van der Waals surface area contributed by atoms with Gasteiger partial charge in [-0.15, -0.1) is 0 Å². The second kappa shape index (κ2) is 10.0. The summed E-state index contributed by atoms with van der Waals surface area (Å²) in [5.41, 5.74) is 6.31. The van der Waals surface area contributed by atoms with Crippen LogP contribution in [0, 0.1) is 0 Å². The van der Waals surface area contributed by atoms with Crippen molar-refractivity contribution in [2.24, 2.45) is 0 Å². The first-order valence-electron chi connectivity index (χ1n) is 15.2. The molecular weight excluding hydrogens is 567 g/mol. The number of benzene rings is 7. The van der Waals surface area contributed by atoms with Crippen LogP contribution in [0.3, 0.4) is 0 Å². The van der Waals surface area contributed by atoms with Crippen LogP contribution in [0.25, 0.3) is 60.3 Å². The number of fused-ring (bicyclic) bond motifs is 9. The Balaban J connectivity index is 1.37. The minimum absolute atomic E-state index is 0.830. The fourth-order valence-electron chi connectivity index (χ4n) is 7.00. The number of hydrogen-bond donors (Lipinski definition) is 0. The highest BCUT2D eigenvalue weighted by Crippen LogP contribution is 2.46. The molecule has 4 heteroatoms. The Morgan fingerprint density at radius 2 is 1.16 bits per heavy atom. The molecule has 9 aromatic rings. The standard InChI is InChI=1S/C41H27N2OP/c44-45(30-15-3-1-4-16-30,31-17-5-2-6-18-31)39-24-12-14-28-13-11-20-32(40(28)39)29-25-26-34-35(27-29)33-19-7-9-22-37(33)43-38-23-10-8-21-36(38)42-41(34)43/h1-27H. The van der Waals surface area contributed by atoms with Gasteiger partial charge in [-0.2, -0.15) is 0 Å². The van der Waals surface area contributed by atoms with Gasteiger partial charge in [0.25, 0.3) is 0 Å². The maximum atomic E-state index is 15.6. The van der Waals surface area contributed by atoms with Crippen molar-refractivity contribution in [3.05, 3.63) is 164 Å². The Kier molecular flexibility index (Phi) is 5.78. The van der Waals surface area contributed by atoms with Gasteiger partial charge in [0.2, 0.25) is 0 Å². The smallest absolute Gasteiger partial charge is 0.171 e. The van der Waals surface area contributed by atoms with Gasteiger partial charge in [-0.25, -0.2) is 4.98 Å². The average molecular weight is 595 g/mol. The molecule has 0 spiro atoms.